The molecule has 1 saturated heterocycles. The molecule has 2 aromatic carbocycles. The number of imidazole rings is 1. The van der Waals surface area contributed by atoms with Crippen molar-refractivity contribution in [3.8, 4) is 0 Å². The van der Waals surface area contributed by atoms with Crippen LogP contribution in [0.15, 0.2) is 42.5 Å². The second kappa shape index (κ2) is 10.2. The number of aliphatic carboxylic acids is 1. The van der Waals surface area contributed by atoms with Crippen LogP contribution in [0.2, 0.25) is 0 Å². The fourth-order valence-corrected chi connectivity index (χ4v) is 3.39. The highest BCUT2D eigenvalue weighted by Crippen LogP contribution is 2.25. The van der Waals surface area contributed by atoms with E-state index in [0.717, 1.165) is 31.7 Å². The Kier molecular flexibility index (Phi) is 7.60. The number of aromatic nitrogens is 2. The van der Waals surface area contributed by atoms with Crippen LogP contribution in [0, 0.1) is 5.82 Å². The number of hydrogen-bond acceptors (Lipinski definition) is 4. The quantitative estimate of drug-likeness (QED) is 0.521. The molecule has 0 amide bonds. The van der Waals surface area contributed by atoms with Crippen molar-refractivity contribution in [2.45, 2.75) is 6.18 Å². The number of carbonyl (C=O) groups is 1. The molecule has 11 heteroatoms. The summed E-state index contributed by atoms with van der Waals surface area (Å²) in [6.45, 7) is 4.24. The molecule has 33 heavy (non-hydrogen) atoms. The van der Waals surface area contributed by atoms with Gasteiger partial charge in [0.1, 0.15) is 11.3 Å². The number of carboxylic acids is 1. The van der Waals surface area contributed by atoms with Crippen molar-refractivity contribution < 1.29 is 27.5 Å². The van der Waals surface area contributed by atoms with E-state index in [9.17, 15) is 17.6 Å². The topological polar surface area (TPSA) is 72.5 Å². The smallest absolute Gasteiger partial charge is 0.475 e. The van der Waals surface area contributed by atoms with Gasteiger partial charge in [-0.1, -0.05) is 29.8 Å². The third-order valence-corrected chi connectivity index (χ3v) is 5.28. The number of nitrogens with zero attached hydrogens (tertiary/aromatic N) is 3. The maximum Gasteiger partial charge on any atom is 0.490 e. The Morgan fingerprint density at radius 2 is 1.73 bits per heavy atom. The van der Waals surface area contributed by atoms with E-state index in [-0.39, 0.29) is 5.82 Å². The van der Waals surface area contributed by atoms with Gasteiger partial charge in [-0.3, -0.25) is 0 Å². The van der Waals surface area contributed by atoms with Gasteiger partial charge in [0.05, 0.1) is 10.5 Å². The zero-order valence-electron chi connectivity index (χ0n) is 17.5. The van der Waals surface area contributed by atoms with Crippen LogP contribution in [-0.4, -0.2) is 65.3 Å². The standard InChI is InChI=1S/C20H20ClFN4.C2HF3O2/c1-25-9-11-26(12-10-25)15-7-5-14(6-8-15)13-16(21)20-23-18-4-2-3-17(22)19(18)24-20;3-2(4,5)1(6)7/h2-8,13H,9-12H2,1H3,(H,23,24);(H,6,7)/b16-13-;. The molecule has 0 saturated carbocycles. The first-order valence-electron chi connectivity index (χ1n) is 9.90. The first kappa shape index (κ1) is 24.5. The summed E-state index contributed by atoms with van der Waals surface area (Å²) in [5.74, 6) is -2.64. The molecule has 1 aliphatic rings. The molecule has 176 valence electrons. The second-order valence-electron chi connectivity index (χ2n) is 7.40. The lowest BCUT2D eigenvalue weighted by Gasteiger charge is -2.34. The SMILES string of the molecule is CN1CCN(c2ccc(/C=C(\Cl)c3nc4c(F)cccc4[nH]3)cc2)CC1.O=C(O)C(F)(F)F. The van der Waals surface area contributed by atoms with Gasteiger partial charge in [0.2, 0.25) is 0 Å². The summed E-state index contributed by atoms with van der Waals surface area (Å²) in [5.41, 5.74) is 3.14. The van der Waals surface area contributed by atoms with E-state index < -0.39 is 12.1 Å². The Bertz CT molecular complexity index is 1140. The Hall–Kier alpha value is -3.11. The number of likely N-dealkylation sites (N-methyl/N-ethyl adjacent to an activating group) is 1. The number of halogens is 5. The van der Waals surface area contributed by atoms with Crippen LogP contribution < -0.4 is 4.90 Å². The molecule has 2 heterocycles. The number of carboxylic acid groups (broad SMARTS) is 1. The van der Waals surface area contributed by atoms with E-state index in [1.807, 2.05) is 18.2 Å². The van der Waals surface area contributed by atoms with Gasteiger partial charge in [0.25, 0.3) is 0 Å². The van der Waals surface area contributed by atoms with Crippen molar-refractivity contribution in [2.24, 2.45) is 0 Å². The Morgan fingerprint density at radius 3 is 2.27 bits per heavy atom. The lowest BCUT2D eigenvalue weighted by atomic mass is 10.1. The summed E-state index contributed by atoms with van der Waals surface area (Å²) in [7, 11) is 2.15. The molecule has 0 spiro atoms. The minimum absolute atomic E-state index is 0.305. The average molecular weight is 485 g/mol. The molecule has 0 radical (unpaired) electrons. The zero-order chi connectivity index (χ0) is 24.2. The van der Waals surface area contributed by atoms with E-state index in [0.29, 0.717) is 21.9 Å². The van der Waals surface area contributed by atoms with Gasteiger partial charge in [-0.25, -0.2) is 14.2 Å². The second-order valence-corrected chi connectivity index (χ2v) is 7.81. The number of rotatable bonds is 3. The molecule has 0 atom stereocenters. The maximum atomic E-state index is 13.8. The monoisotopic (exact) mass is 484 g/mol. The van der Waals surface area contributed by atoms with Crippen molar-refractivity contribution >= 4 is 45.4 Å². The molecule has 0 unspecified atom stereocenters. The molecule has 3 aromatic rings. The summed E-state index contributed by atoms with van der Waals surface area (Å²) in [4.78, 5) is 20.9. The minimum atomic E-state index is -5.08. The predicted octanol–water partition coefficient (Wildman–Crippen LogP) is 4.82. The summed E-state index contributed by atoms with van der Waals surface area (Å²) in [6, 6.07) is 13.1. The van der Waals surface area contributed by atoms with E-state index in [4.69, 9.17) is 21.5 Å². The van der Waals surface area contributed by atoms with Gasteiger partial charge >= 0.3 is 12.1 Å². The Labute approximate surface area is 192 Å². The van der Waals surface area contributed by atoms with Gasteiger partial charge in [-0.2, -0.15) is 13.2 Å². The number of hydrogen-bond donors (Lipinski definition) is 2. The highest BCUT2D eigenvalue weighted by molar-refractivity contribution is 6.50. The molecular formula is C22H21ClF4N4O2. The van der Waals surface area contributed by atoms with Crippen molar-refractivity contribution in [1.29, 1.82) is 0 Å². The zero-order valence-corrected chi connectivity index (χ0v) is 18.3. The van der Waals surface area contributed by atoms with Crippen LogP contribution in [0.25, 0.3) is 22.1 Å². The molecule has 4 rings (SSSR count). The predicted molar refractivity (Wildman–Crippen MR) is 120 cm³/mol. The van der Waals surface area contributed by atoms with Crippen molar-refractivity contribution in [3.05, 3.63) is 59.7 Å². The number of aromatic amines is 1. The largest absolute Gasteiger partial charge is 0.490 e. The van der Waals surface area contributed by atoms with E-state index in [2.05, 4.69) is 38.9 Å². The maximum absolute atomic E-state index is 13.8. The average Bonchev–Trinajstić information content (AvgIpc) is 3.21. The third-order valence-electron chi connectivity index (χ3n) is 4.99. The Balaban J connectivity index is 0.000000383. The number of nitrogens with one attached hydrogen (secondary N) is 1. The van der Waals surface area contributed by atoms with Crippen LogP contribution in [0.1, 0.15) is 11.4 Å². The molecule has 6 nitrogen and oxygen atoms in total. The lowest BCUT2D eigenvalue weighted by molar-refractivity contribution is -0.192. The Morgan fingerprint density at radius 1 is 1.12 bits per heavy atom. The molecule has 0 bridgehead atoms. The normalized spacial score (nSPS) is 15.3. The molecule has 1 aromatic heterocycles. The van der Waals surface area contributed by atoms with Crippen LogP contribution in [0.5, 0.6) is 0 Å². The van der Waals surface area contributed by atoms with Crippen LogP contribution in [0.3, 0.4) is 0 Å². The minimum Gasteiger partial charge on any atom is -0.475 e. The molecule has 2 N–H and O–H groups in total. The number of alkyl halides is 3. The van der Waals surface area contributed by atoms with Gasteiger partial charge in [0.15, 0.2) is 5.82 Å². The summed E-state index contributed by atoms with van der Waals surface area (Å²) in [6.07, 6.45) is -3.25. The summed E-state index contributed by atoms with van der Waals surface area (Å²) >= 11 is 6.40. The van der Waals surface area contributed by atoms with E-state index in [1.54, 1.807) is 12.1 Å². The van der Waals surface area contributed by atoms with E-state index >= 15 is 0 Å². The summed E-state index contributed by atoms with van der Waals surface area (Å²) in [5, 5.41) is 7.58. The molecule has 1 fully saturated rings. The lowest BCUT2D eigenvalue weighted by Crippen LogP contribution is -2.44. The highest BCUT2D eigenvalue weighted by atomic mass is 35.5. The fraction of sp³-hybridized carbons (Fsp3) is 0.273. The number of benzene rings is 2. The van der Waals surface area contributed by atoms with Crippen molar-refractivity contribution in [2.75, 3.05) is 38.1 Å². The number of fused-ring (bicyclic) bond motifs is 1. The highest BCUT2D eigenvalue weighted by Gasteiger charge is 2.38. The van der Waals surface area contributed by atoms with E-state index in [1.165, 1.54) is 11.8 Å². The number of anilines is 1. The number of H-pyrrole nitrogens is 1. The van der Waals surface area contributed by atoms with Crippen LogP contribution in [0.4, 0.5) is 23.2 Å². The molecular weight excluding hydrogens is 464 g/mol. The van der Waals surface area contributed by atoms with Crippen LogP contribution in [-0.2, 0) is 4.79 Å². The van der Waals surface area contributed by atoms with Gasteiger partial charge in [-0.05, 0) is 43.0 Å². The van der Waals surface area contributed by atoms with Crippen LogP contribution >= 0.6 is 11.6 Å². The van der Waals surface area contributed by atoms with Crippen molar-refractivity contribution in [3.63, 3.8) is 0 Å². The van der Waals surface area contributed by atoms with Gasteiger partial charge in [0, 0.05) is 31.9 Å². The summed E-state index contributed by atoms with van der Waals surface area (Å²) < 4.78 is 45.5. The molecule has 0 aliphatic carbocycles. The van der Waals surface area contributed by atoms with Gasteiger partial charge < -0.3 is 19.9 Å². The first-order valence-corrected chi connectivity index (χ1v) is 10.3. The molecule has 1 aliphatic heterocycles. The number of piperazine rings is 1. The number of para-hydroxylation sites is 1. The first-order chi connectivity index (χ1) is 15.5. The van der Waals surface area contributed by atoms with Crippen molar-refractivity contribution in [1.82, 2.24) is 14.9 Å². The fourth-order valence-electron chi connectivity index (χ4n) is 3.17. The third kappa shape index (κ3) is 6.45. The van der Waals surface area contributed by atoms with Gasteiger partial charge in [-0.15, -0.1) is 0 Å².